The van der Waals surface area contributed by atoms with E-state index in [1.165, 1.54) is 0 Å². The minimum atomic E-state index is -0.0856. The Morgan fingerprint density at radius 1 is 0.429 bits per heavy atom. The molecule has 0 amide bonds. The molecule has 260 valence electrons. The van der Waals surface area contributed by atoms with Gasteiger partial charge in [0.25, 0.3) is 0 Å². The minimum absolute atomic E-state index is 0.00463. The number of methoxy groups -OCH3 is 4. The molecule has 0 radical (unpaired) electrons. The molecule has 42 heavy (non-hydrogen) atoms. The van der Waals surface area contributed by atoms with Crippen molar-refractivity contribution in [1.82, 2.24) is 0 Å². The van der Waals surface area contributed by atoms with Crippen molar-refractivity contribution < 1.29 is 37.9 Å². The average Bonchev–Trinajstić information content (AvgIpc) is 2.98. The fraction of sp³-hybridized carbons (Fsp3) is 1.00. The molecule has 2 atom stereocenters. The largest absolute Gasteiger partial charge is 0.356 e. The molecule has 0 aliphatic carbocycles. The monoisotopic (exact) mass is 613 g/mol. The van der Waals surface area contributed by atoms with Crippen LogP contribution in [0.3, 0.4) is 0 Å². The molecular formula is C34H76O8. The van der Waals surface area contributed by atoms with Gasteiger partial charge in [0.15, 0.2) is 25.2 Å². The van der Waals surface area contributed by atoms with E-state index in [-0.39, 0.29) is 36.0 Å². The number of rotatable bonds is 20. The van der Waals surface area contributed by atoms with Crippen LogP contribution in [-0.4, -0.2) is 80.0 Å². The van der Waals surface area contributed by atoms with Gasteiger partial charge in [-0.15, -0.1) is 0 Å². The zero-order chi connectivity index (χ0) is 33.8. The van der Waals surface area contributed by atoms with Crippen LogP contribution in [-0.2, 0) is 37.9 Å². The van der Waals surface area contributed by atoms with E-state index in [0.29, 0.717) is 25.0 Å². The predicted octanol–water partition coefficient (Wildman–Crippen LogP) is 8.95. The molecule has 0 rings (SSSR count). The molecule has 8 nitrogen and oxygen atoms in total. The normalized spacial score (nSPS) is 13.3. The van der Waals surface area contributed by atoms with E-state index in [9.17, 15) is 0 Å². The van der Waals surface area contributed by atoms with Gasteiger partial charge in [-0.25, -0.2) is 0 Å². The molecule has 0 N–H and O–H groups in total. The predicted molar refractivity (Wildman–Crippen MR) is 177 cm³/mol. The first-order chi connectivity index (χ1) is 19.7. The third kappa shape index (κ3) is 24.1. The first kappa shape index (κ1) is 48.6. The molecule has 0 aromatic carbocycles. The van der Waals surface area contributed by atoms with Gasteiger partial charge in [0.05, 0.1) is 0 Å². The lowest BCUT2D eigenvalue weighted by molar-refractivity contribution is -0.194. The highest BCUT2D eigenvalue weighted by atomic mass is 16.7. The fourth-order valence-electron chi connectivity index (χ4n) is 3.52. The van der Waals surface area contributed by atoms with Crippen molar-refractivity contribution in [2.75, 3.05) is 54.9 Å². The molecular weight excluding hydrogens is 536 g/mol. The Balaban J connectivity index is -0.000000230. The molecule has 0 saturated carbocycles. The fourth-order valence-corrected chi connectivity index (χ4v) is 3.52. The van der Waals surface area contributed by atoms with Crippen LogP contribution in [0.15, 0.2) is 0 Å². The van der Waals surface area contributed by atoms with Crippen molar-refractivity contribution in [3.05, 3.63) is 0 Å². The van der Waals surface area contributed by atoms with Gasteiger partial charge >= 0.3 is 0 Å². The average molecular weight is 613 g/mol. The molecule has 8 heteroatoms. The lowest BCUT2D eigenvalue weighted by atomic mass is 9.89. The lowest BCUT2D eigenvalue weighted by Gasteiger charge is -2.32. The summed E-state index contributed by atoms with van der Waals surface area (Å²) in [5, 5.41) is 0. The van der Waals surface area contributed by atoms with Gasteiger partial charge in [-0.2, -0.15) is 0 Å². The van der Waals surface area contributed by atoms with Gasteiger partial charge in [0.1, 0.15) is 0 Å². The summed E-state index contributed by atoms with van der Waals surface area (Å²) < 4.78 is 42.2. The highest BCUT2D eigenvalue weighted by Gasteiger charge is 2.29. The topological polar surface area (TPSA) is 73.8 Å². The van der Waals surface area contributed by atoms with Gasteiger partial charge in [-0.05, 0) is 53.4 Å². The standard InChI is InChI=1S/C10H22O2.C9H20O2.C8H18O2.C7H16O2/c1-6-10(4,5)9(11-7-2)12-8-3;1-5-8(4)9(10-6-2)11-7-3;1-6-8(2,3)7(9-4)10-5;1-5-6(2)7(8-3)9-4/h9H,6-8H2,1-5H3;8-9H,5-7H2,1-4H3;7H,6H2,1-5H3;6-7H,5H2,1-4H3. The van der Waals surface area contributed by atoms with Gasteiger partial charge in [-0.3, -0.25) is 0 Å². The molecule has 0 heterocycles. The van der Waals surface area contributed by atoms with E-state index in [4.69, 9.17) is 37.9 Å². The second kappa shape index (κ2) is 30.7. The van der Waals surface area contributed by atoms with Crippen molar-refractivity contribution in [3.63, 3.8) is 0 Å². The smallest absolute Gasteiger partial charge is 0.162 e. The highest BCUT2D eigenvalue weighted by molar-refractivity contribution is 4.71. The van der Waals surface area contributed by atoms with Crippen molar-refractivity contribution in [2.24, 2.45) is 22.7 Å². The Labute approximate surface area is 263 Å². The Morgan fingerprint density at radius 3 is 0.929 bits per heavy atom. The van der Waals surface area contributed by atoms with Crippen molar-refractivity contribution >= 4 is 0 Å². The summed E-state index contributed by atoms with van der Waals surface area (Å²) in [6.45, 7) is 32.3. The van der Waals surface area contributed by atoms with Crippen LogP contribution < -0.4 is 0 Å². The number of ether oxygens (including phenoxy) is 8. The Morgan fingerprint density at radius 2 is 0.738 bits per heavy atom. The molecule has 2 unspecified atom stereocenters. The van der Waals surface area contributed by atoms with Gasteiger partial charge < -0.3 is 37.9 Å². The molecule has 0 bridgehead atoms. The maximum absolute atomic E-state index is 5.52. The number of hydrogen-bond donors (Lipinski definition) is 0. The molecule has 0 fully saturated rings. The maximum atomic E-state index is 5.52. The van der Waals surface area contributed by atoms with Crippen LogP contribution in [0.4, 0.5) is 0 Å². The van der Waals surface area contributed by atoms with Crippen molar-refractivity contribution in [3.8, 4) is 0 Å². The Kier molecular flexibility index (Phi) is 35.5. The summed E-state index contributed by atoms with van der Waals surface area (Å²) in [5.41, 5.74) is 0.232. The maximum Gasteiger partial charge on any atom is 0.162 e. The summed E-state index contributed by atoms with van der Waals surface area (Å²) in [5.74, 6) is 0.981. The van der Waals surface area contributed by atoms with Gasteiger partial charge in [0, 0.05) is 77.5 Å². The second-order valence-corrected chi connectivity index (χ2v) is 11.6. The van der Waals surface area contributed by atoms with Gasteiger partial charge in [-0.1, -0.05) is 69.2 Å². The minimum Gasteiger partial charge on any atom is -0.356 e. The first-order valence-corrected chi connectivity index (χ1v) is 16.3. The SMILES string of the molecule is CCC(C)(C)C(OC)OC.CCC(C)C(OC)OC.CCOC(OCC)C(C)(C)CC.CCOC(OCC)C(C)CC. The molecule has 0 spiro atoms. The van der Waals surface area contributed by atoms with Gasteiger partial charge in [0.2, 0.25) is 0 Å². The molecule has 0 aromatic rings. The Hall–Kier alpha value is -0.320. The Bertz CT molecular complexity index is 510. The van der Waals surface area contributed by atoms with E-state index < -0.39 is 0 Å². The van der Waals surface area contributed by atoms with Crippen LogP contribution in [0.1, 0.15) is 123 Å². The van der Waals surface area contributed by atoms with Crippen molar-refractivity contribution in [2.45, 2.75) is 148 Å². The van der Waals surface area contributed by atoms with E-state index in [1.54, 1.807) is 28.4 Å². The third-order valence-corrected chi connectivity index (χ3v) is 7.51. The number of hydrogen-bond acceptors (Lipinski definition) is 8. The zero-order valence-corrected chi connectivity index (χ0v) is 31.4. The summed E-state index contributed by atoms with van der Waals surface area (Å²) >= 11 is 0. The lowest BCUT2D eigenvalue weighted by Crippen LogP contribution is -2.34. The summed E-state index contributed by atoms with van der Waals surface area (Å²) in [6, 6.07) is 0. The first-order valence-electron chi connectivity index (χ1n) is 16.3. The van der Waals surface area contributed by atoms with E-state index in [2.05, 4.69) is 69.2 Å². The van der Waals surface area contributed by atoms with Crippen LogP contribution in [0.2, 0.25) is 0 Å². The quantitative estimate of drug-likeness (QED) is 0.126. The third-order valence-electron chi connectivity index (χ3n) is 7.51. The second-order valence-electron chi connectivity index (χ2n) is 11.6. The van der Waals surface area contributed by atoms with E-state index in [1.807, 2.05) is 27.7 Å². The highest BCUT2D eigenvalue weighted by Crippen LogP contribution is 2.28. The summed E-state index contributed by atoms with van der Waals surface area (Å²) in [6.07, 6.45) is 4.13. The molecule has 0 aliphatic heterocycles. The van der Waals surface area contributed by atoms with Crippen LogP contribution in [0.5, 0.6) is 0 Å². The molecule has 0 aliphatic rings. The zero-order valence-electron chi connectivity index (χ0n) is 31.4. The van der Waals surface area contributed by atoms with Crippen LogP contribution in [0, 0.1) is 22.7 Å². The molecule has 0 aromatic heterocycles. The van der Waals surface area contributed by atoms with E-state index >= 15 is 0 Å². The van der Waals surface area contributed by atoms with Crippen LogP contribution >= 0.6 is 0 Å². The van der Waals surface area contributed by atoms with Crippen LogP contribution in [0.25, 0.3) is 0 Å². The summed E-state index contributed by atoms with van der Waals surface area (Å²) in [7, 11) is 6.68. The van der Waals surface area contributed by atoms with E-state index in [0.717, 1.165) is 38.9 Å². The summed E-state index contributed by atoms with van der Waals surface area (Å²) in [4.78, 5) is 0. The molecule has 0 saturated heterocycles. The van der Waals surface area contributed by atoms with Crippen molar-refractivity contribution in [1.29, 1.82) is 0 Å².